The Kier molecular flexibility index (Phi) is 9.26. The van der Waals surface area contributed by atoms with Crippen LogP contribution in [-0.2, 0) is 11.2 Å². The molecule has 1 amide bonds. The standard InChI is InChI=1S/C22H33N5O/c1-17(13-20-9-7-10-21(14-20)15-24)27(6)22(26(5)16-28)18(2)19(3)25(4)12-8-11-23/h7,9-10,14,16-17H,3,8,11-13,23H2,1-2,4-6H3/b22-18+. The summed E-state index contributed by atoms with van der Waals surface area (Å²) in [7, 11) is 5.71. The molecule has 6 nitrogen and oxygen atoms in total. The number of hydrogen-bond acceptors (Lipinski definition) is 5. The van der Waals surface area contributed by atoms with Crippen molar-refractivity contribution >= 4 is 6.41 Å². The molecule has 0 aromatic heterocycles. The first-order chi connectivity index (χ1) is 13.3. The van der Waals surface area contributed by atoms with E-state index in [0.29, 0.717) is 12.1 Å². The van der Waals surface area contributed by atoms with Crippen LogP contribution in [0.4, 0.5) is 0 Å². The van der Waals surface area contributed by atoms with Crippen molar-refractivity contribution in [2.24, 2.45) is 5.73 Å². The van der Waals surface area contributed by atoms with Crippen LogP contribution in [0.25, 0.3) is 0 Å². The van der Waals surface area contributed by atoms with Crippen molar-refractivity contribution in [3.8, 4) is 6.07 Å². The summed E-state index contributed by atoms with van der Waals surface area (Å²) >= 11 is 0. The molecule has 28 heavy (non-hydrogen) atoms. The van der Waals surface area contributed by atoms with Crippen molar-refractivity contribution < 1.29 is 4.79 Å². The zero-order chi connectivity index (χ0) is 21.3. The molecular formula is C22H33N5O. The number of nitriles is 1. The predicted octanol–water partition coefficient (Wildman–Crippen LogP) is 2.54. The average molecular weight is 384 g/mol. The van der Waals surface area contributed by atoms with Gasteiger partial charge >= 0.3 is 0 Å². The summed E-state index contributed by atoms with van der Waals surface area (Å²) < 4.78 is 0. The second kappa shape index (κ2) is 11.2. The quantitative estimate of drug-likeness (QED) is 0.469. The zero-order valence-corrected chi connectivity index (χ0v) is 17.8. The molecule has 0 fully saturated rings. The largest absolute Gasteiger partial charge is 0.375 e. The molecular weight excluding hydrogens is 350 g/mol. The number of nitrogens with two attached hydrogens (primary N) is 1. The minimum atomic E-state index is 0.114. The second-order valence-corrected chi connectivity index (χ2v) is 7.15. The van der Waals surface area contributed by atoms with Crippen LogP contribution in [0.1, 0.15) is 31.4 Å². The number of likely N-dealkylation sites (N-methyl/N-ethyl adjacent to an activating group) is 2. The first-order valence-corrected chi connectivity index (χ1v) is 9.48. The van der Waals surface area contributed by atoms with Gasteiger partial charge in [0.1, 0.15) is 5.82 Å². The third kappa shape index (κ3) is 6.14. The van der Waals surface area contributed by atoms with Crippen molar-refractivity contribution in [1.82, 2.24) is 14.7 Å². The fourth-order valence-corrected chi connectivity index (χ4v) is 3.16. The molecule has 152 valence electrons. The Morgan fingerprint density at radius 3 is 2.61 bits per heavy atom. The van der Waals surface area contributed by atoms with E-state index in [4.69, 9.17) is 11.0 Å². The fraction of sp³-hybridized carbons (Fsp3) is 0.455. The molecule has 0 radical (unpaired) electrons. The van der Waals surface area contributed by atoms with Crippen molar-refractivity contribution in [3.63, 3.8) is 0 Å². The van der Waals surface area contributed by atoms with E-state index in [1.807, 2.05) is 39.2 Å². The van der Waals surface area contributed by atoms with E-state index in [9.17, 15) is 4.79 Å². The number of carbonyl (C=O) groups excluding carboxylic acids is 1. The van der Waals surface area contributed by atoms with Crippen molar-refractivity contribution in [2.45, 2.75) is 32.7 Å². The molecule has 1 rings (SSSR count). The Labute approximate surface area is 169 Å². The lowest BCUT2D eigenvalue weighted by Crippen LogP contribution is -2.38. The van der Waals surface area contributed by atoms with Gasteiger partial charge in [-0.15, -0.1) is 0 Å². The summed E-state index contributed by atoms with van der Waals surface area (Å²) in [5.41, 5.74) is 9.15. The van der Waals surface area contributed by atoms with Gasteiger partial charge in [0.15, 0.2) is 0 Å². The molecule has 0 saturated carbocycles. The lowest BCUT2D eigenvalue weighted by atomic mass is 10.0. The van der Waals surface area contributed by atoms with E-state index < -0.39 is 0 Å². The maximum Gasteiger partial charge on any atom is 0.214 e. The van der Waals surface area contributed by atoms with Crippen LogP contribution in [0.2, 0.25) is 0 Å². The third-order valence-electron chi connectivity index (χ3n) is 5.00. The van der Waals surface area contributed by atoms with Gasteiger partial charge in [-0.3, -0.25) is 4.79 Å². The number of nitrogens with zero attached hydrogens (tertiary/aromatic N) is 4. The topological polar surface area (TPSA) is 76.6 Å². The summed E-state index contributed by atoms with van der Waals surface area (Å²) in [6.45, 7) is 9.74. The van der Waals surface area contributed by atoms with Crippen LogP contribution in [0, 0.1) is 11.3 Å². The van der Waals surface area contributed by atoms with E-state index in [1.165, 1.54) is 0 Å². The van der Waals surface area contributed by atoms with Crippen LogP contribution < -0.4 is 5.73 Å². The number of allylic oxidation sites excluding steroid dienone is 1. The molecule has 1 atom stereocenters. The molecule has 0 aliphatic rings. The van der Waals surface area contributed by atoms with E-state index >= 15 is 0 Å². The van der Waals surface area contributed by atoms with Crippen molar-refractivity contribution in [2.75, 3.05) is 34.2 Å². The van der Waals surface area contributed by atoms with Gasteiger partial charge in [-0.1, -0.05) is 18.7 Å². The lowest BCUT2D eigenvalue weighted by Gasteiger charge is -2.35. The molecule has 0 heterocycles. The first-order valence-electron chi connectivity index (χ1n) is 9.48. The Bertz CT molecular complexity index is 750. The summed E-state index contributed by atoms with van der Waals surface area (Å²) in [5, 5.41) is 9.11. The van der Waals surface area contributed by atoms with Crippen LogP contribution >= 0.6 is 0 Å². The minimum Gasteiger partial charge on any atom is -0.375 e. The highest BCUT2D eigenvalue weighted by atomic mass is 16.1. The summed E-state index contributed by atoms with van der Waals surface area (Å²) in [6.07, 6.45) is 2.44. The monoisotopic (exact) mass is 383 g/mol. The maximum absolute atomic E-state index is 11.6. The second-order valence-electron chi connectivity index (χ2n) is 7.15. The molecule has 1 unspecified atom stereocenters. The predicted molar refractivity (Wildman–Crippen MR) is 114 cm³/mol. The smallest absolute Gasteiger partial charge is 0.214 e. The van der Waals surface area contributed by atoms with Gasteiger partial charge < -0.3 is 20.4 Å². The Balaban J connectivity index is 3.11. The SMILES string of the molecule is C=C(/C(C)=C(\N(C)C=O)N(C)C(C)Cc1cccc(C#N)c1)N(C)CCCN. The Hall–Kier alpha value is -2.78. The first kappa shape index (κ1) is 23.3. The molecule has 0 saturated heterocycles. The zero-order valence-electron chi connectivity index (χ0n) is 17.8. The number of carbonyl (C=O) groups is 1. The summed E-state index contributed by atoms with van der Waals surface area (Å²) in [6, 6.07) is 9.92. The highest BCUT2D eigenvalue weighted by Crippen LogP contribution is 2.23. The molecule has 1 aromatic carbocycles. The molecule has 0 aliphatic carbocycles. The van der Waals surface area contributed by atoms with Crippen molar-refractivity contribution in [3.05, 3.63) is 59.1 Å². The van der Waals surface area contributed by atoms with Gasteiger partial charge in [0, 0.05) is 45.0 Å². The van der Waals surface area contributed by atoms with Crippen LogP contribution in [0.3, 0.4) is 0 Å². The fourth-order valence-electron chi connectivity index (χ4n) is 3.16. The number of rotatable bonds is 11. The Morgan fingerprint density at radius 2 is 2.04 bits per heavy atom. The molecule has 1 aromatic rings. The molecule has 2 N–H and O–H groups in total. The molecule has 6 heteroatoms. The van der Waals surface area contributed by atoms with E-state index in [-0.39, 0.29) is 6.04 Å². The third-order valence-corrected chi connectivity index (χ3v) is 5.00. The molecule has 0 spiro atoms. The number of benzene rings is 1. The van der Waals surface area contributed by atoms with E-state index in [0.717, 1.165) is 48.5 Å². The van der Waals surface area contributed by atoms with E-state index in [1.54, 1.807) is 18.0 Å². The maximum atomic E-state index is 11.6. The number of hydrogen-bond donors (Lipinski definition) is 1. The van der Waals surface area contributed by atoms with Crippen LogP contribution in [-0.4, -0.2) is 61.4 Å². The van der Waals surface area contributed by atoms with Gasteiger partial charge in [-0.2, -0.15) is 5.26 Å². The van der Waals surface area contributed by atoms with Gasteiger partial charge in [0.25, 0.3) is 0 Å². The van der Waals surface area contributed by atoms with Crippen LogP contribution in [0.5, 0.6) is 0 Å². The Morgan fingerprint density at radius 1 is 1.36 bits per heavy atom. The lowest BCUT2D eigenvalue weighted by molar-refractivity contribution is -0.116. The number of amides is 1. The normalized spacial score (nSPS) is 12.5. The summed E-state index contributed by atoms with van der Waals surface area (Å²) in [5.74, 6) is 0.809. The highest BCUT2D eigenvalue weighted by molar-refractivity contribution is 5.52. The minimum absolute atomic E-state index is 0.114. The van der Waals surface area contributed by atoms with Gasteiger partial charge in [-0.05, 0) is 50.9 Å². The van der Waals surface area contributed by atoms with E-state index in [2.05, 4.69) is 29.4 Å². The van der Waals surface area contributed by atoms with Crippen molar-refractivity contribution in [1.29, 1.82) is 5.26 Å². The highest BCUT2D eigenvalue weighted by Gasteiger charge is 2.21. The van der Waals surface area contributed by atoms with Gasteiger partial charge in [-0.25, -0.2) is 0 Å². The molecule has 0 bridgehead atoms. The average Bonchev–Trinajstić information content (AvgIpc) is 2.70. The summed E-state index contributed by atoms with van der Waals surface area (Å²) in [4.78, 5) is 17.3. The molecule has 0 aliphatic heterocycles. The van der Waals surface area contributed by atoms with Gasteiger partial charge in [0.05, 0.1) is 11.6 Å². The van der Waals surface area contributed by atoms with Gasteiger partial charge in [0.2, 0.25) is 6.41 Å². The van der Waals surface area contributed by atoms with Crippen LogP contribution in [0.15, 0.2) is 47.9 Å².